The normalized spacial score (nSPS) is 11.3. The molecule has 0 radical (unpaired) electrons. The lowest BCUT2D eigenvalue weighted by atomic mass is 10.0. The predicted molar refractivity (Wildman–Crippen MR) is 82.3 cm³/mol. The molecule has 1 amide bonds. The van der Waals surface area contributed by atoms with Crippen molar-refractivity contribution >= 4 is 23.0 Å². The molecule has 5 heteroatoms. The van der Waals surface area contributed by atoms with Crippen molar-refractivity contribution in [1.29, 1.82) is 0 Å². The summed E-state index contributed by atoms with van der Waals surface area (Å²) in [4.78, 5) is 22.7. The van der Waals surface area contributed by atoms with E-state index < -0.39 is 5.91 Å². The molecule has 0 spiro atoms. The van der Waals surface area contributed by atoms with Crippen LogP contribution in [0.2, 0.25) is 0 Å². The molecule has 0 aliphatic heterocycles. The third-order valence-corrected chi connectivity index (χ3v) is 3.29. The van der Waals surface area contributed by atoms with Crippen molar-refractivity contribution in [3.8, 4) is 11.1 Å². The highest BCUT2D eigenvalue weighted by Gasteiger charge is 2.09. The van der Waals surface area contributed by atoms with E-state index in [-0.39, 0.29) is 0 Å². The fourth-order valence-corrected chi connectivity index (χ4v) is 2.28. The highest BCUT2D eigenvalue weighted by atomic mass is 16.1. The number of fused-ring (bicyclic) bond motifs is 1. The Bertz CT molecular complexity index is 834. The Hall–Kier alpha value is -2.95. The molecule has 0 aromatic carbocycles. The van der Waals surface area contributed by atoms with Crippen LogP contribution in [-0.4, -0.2) is 20.9 Å². The Kier molecular flexibility index (Phi) is 3.23. The lowest BCUT2D eigenvalue weighted by molar-refractivity contribution is -0.113. The maximum Gasteiger partial charge on any atom is 0.241 e. The fourth-order valence-electron chi connectivity index (χ4n) is 2.28. The third kappa shape index (κ3) is 2.53. The number of rotatable bonds is 3. The van der Waals surface area contributed by atoms with Gasteiger partial charge in [0.05, 0.1) is 0 Å². The number of nitrogens with two attached hydrogens (primary N) is 1. The first-order valence-corrected chi connectivity index (χ1v) is 6.52. The quantitative estimate of drug-likeness (QED) is 0.721. The van der Waals surface area contributed by atoms with Crippen molar-refractivity contribution in [2.45, 2.75) is 6.92 Å². The van der Waals surface area contributed by atoms with E-state index in [4.69, 9.17) is 5.73 Å². The molecule has 0 aliphatic carbocycles. The Morgan fingerprint density at radius 1 is 1.43 bits per heavy atom. The summed E-state index contributed by atoms with van der Waals surface area (Å²) in [5.74, 6) is -0.475. The average molecular weight is 278 g/mol. The van der Waals surface area contributed by atoms with Crippen molar-refractivity contribution in [2.24, 2.45) is 5.73 Å². The number of nitrogens with one attached hydrogen (secondary N) is 1. The minimum atomic E-state index is -0.475. The molecule has 3 rings (SSSR count). The van der Waals surface area contributed by atoms with Crippen molar-refractivity contribution in [2.75, 3.05) is 0 Å². The number of H-pyrrole nitrogens is 1. The molecule has 3 aromatic heterocycles. The number of primary amides is 1. The van der Waals surface area contributed by atoms with Crippen LogP contribution in [0, 0.1) is 6.92 Å². The summed E-state index contributed by atoms with van der Waals surface area (Å²) < 4.78 is 0. The Morgan fingerprint density at radius 2 is 2.29 bits per heavy atom. The van der Waals surface area contributed by atoms with Gasteiger partial charge in [0, 0.05) is 52.4 Å². The second-order valence-electron chi connectivity index (χ2n) is 4.74. The fraction of sp³-hybridized carbons (Fsp3) is 0.0625. The van der Waals surface area contributed by atoms with E-state index in [0.717, 1.165) is 33.4 Å². The standard InChI is InChI=1S/C16H14N4O/c1-10-13(11-3-2-6-18-8-11)7-14-12(4-5-15(17)21)9-19-16(14)20-10/h2-9H,1H3,(H2,17,21)(H,19,20). The first kappa shape index (κ1) is 13.1. The van der Waals surface area contributed by atoms with Gasteiger partial charge in [-0.05, 0) is 25.1 Å². The Balaban J connectivity index is 2.17. The zero-order valence-electron chi connectivity index (χ0n) is 11.5. The van der Waals surface area contributed by atoms with Crippen molar-refractivity contribution in [1.82, 2.24) is 15.0 Å². The Labute approximate surface area is 121 Å². The number of aromatic amines is 1. The van der Waals surface area contributed by atoms with Crippen molar-refractivity contribution in [3.05, 3.63) is 54.1 Å². The Morgan fingerprint density at radius 3 is 3.00 bits per heavy atom. The molecular formula is C16H14N4O. The lowest BCUT2D eigenvalue weighted by Crippen LogP contribution is -2.04. The topological polar surface area (TPSA) is 84.7 Å². The van der Waals surface area contributed by atoms with Crippen LogP contribution in [0.25, 0.3) is 28.2 Å². The first-order valence-electron chi connectivity index (χ1n) is 6.52. The van der Waals surface area contributed by atoms with Gasteiger partial charge in [0.1, 0.15) is 5.65 Å². The van der Waals surface area contributed by atoms with Gasteiger partial charge < -0.3 is 10.7 Å². The number of hydrogen-bond acceptors (Lipinski definition) is 3. The second-order valence-corrected chi connectivity index (χ2v) is 4.74. The number of pyridine rings is 2. The third-order valence-electron chi connectivity index (χ3n) is 3.29. The molecule has 21 heavy (non-hydrogen) atoms. The second kappa shape index (κ2) is 5.20. The van der Waals surface area contributed by atoms with Crippen LogP contribution in [0.4, 0.5) is 0 Å². The summed E-state index contributed by atoms with van der Waals surface area (Å²) in [6, 6.07) is 5.93. The number of nitrogens with zero attached hydrogens (tertiary/aromatic N) is 2. The molecule has 0 saturated carbocycles. The number of amides is 1. The first-order chi connectivity index (χ1) is 10.1. The van der Waals surface area contributed by atoms with Gasteiger partial charge in [0.25, 0.3) is 0 Å². The molecule has 3 aromatic rings. The summed E-state index contributed by atoms with van der Waals surface area (Å²) in [6.07, 6.45) is 8.38. The van der Waals surface area contributed by atoms with E-state index in [2.05, 4.69) is 15.0 Å². The van der Waals surface area contributed by atoms with Gasteiger partial charge in [-0.3, -0.25) is 9.78 Å². The zero-order valence-corrected chi connectivity index (χ0v) is 11.5. The van der Waals surface area contributed by atoms with E-state index in [1.165, 1.54) is 6.08 Å². The predicted octanol–water partition coefficient (Wildman–Crippen LogP) is 2.43. The van der Waals surface area contributed by atoms with Gasteiger partial charge in [-0.1, -0.05) is 6.07 Å². The molecule has 3 heterocycles. The van der Waals surface area contributed by atoms with Gasteiger partial charge in [0.2, 0.25) is 5.91 Å². The van der Waals surface area contributed by atoms with Crippen LogP contribution in [0.15, 0.2) is 42.9 Å². The smallest absolute Gasteiger partial charge is 0.241 e. The van der Waals surface area contributed by atoms with Crippen LogP contribution in [0.5, 0.6) is 0 Å². The molecular weight excluding hydrogens is 264 g/mol. The maximum absolute atomic E-state index is 10.9. The molecule has 104 valence electrons. The number of aryl methyl sites for hydroxylation is 1. The van der Waals surface area contributed by atoms with Crippen molar-refractivity contribution < 1.29 is 4.79 Å². The van der Waals surface area contributed by atoms with Gasteiger partial charge in [0.15, 0.2) is 0 Å². The van der Waals surface area contributed by atoms with E-state index in [1.54, 1.807) is 18.5 Å². The molecule has 5 nitrogen and oxygen atoms in total. The lowest BCUT2D eigenvalue weighted by Gasteiger charge is -2.05. The van der Waals surface area contributed by atoms with Crippen LogP contribution < -0.4 is 5.73 Å². The number of hydrogen-bond donors (Lipinski definition) is 2. The SMILES string of the molecule is Cc1nc2[nH]cc(C=CC(N)=O)c2cc1-c1cccnc1. The average Bonchev–Trinajstić information content (AvgIpc) is 2.87. The molecule has 0 bridgehead atoms. The highest BCUT2D eigenvalue weighted by Crippen LogP contribution is 2.27. The van der Waals surface area contributed by atoms with Crippen LogP contribution >= 0.6 is 0 Å². The van der Waals surface area contributed by atoms with Crippen LogP contribution in [-0.2, 0) is 4.79 Å². The van der Waals surface area contributed by atoms with Gasteiger partial charge >= 0.3 is 0 Å². The summed E-state index contributed by atoms with van der Waals surface area (Å²) in [5.41, 5.74) is 9.74. The summed E-state index contributed by atoms with van der Waals surface area (Å²) in [5, 5.41) is 0.942. The highest BCUT2D eigenvalue weighted by molar-refractivity contribution is 5.95. The van der Waals surface area contributed by atoms with Gasteiger partial charge in [-0.25, -0.2) is 4.98 Å². The van der Waals surface area contributed by atoms with Gasteiger partial charge in [-0.2, -0.15) is 0 Å². The monoisotopic (exact) mass is 278 g/mol. The minimum absolute atomic E-state index is 0.475. The van der Waals surface area contributed by atoms with Gasteiger partial charge in [-0.15, -0.1) is 0 Å². The van der Waals surface area contributed by atoms with Crippen LogP contribution in [0.3, 0.4) is 0 Å². The van der Waals surface area contributed by atoms with E-state index in [9.17, 15) is 4.79 Å². The molecule has 0 fully saturated rings. The molecule has 0 atom stereocenters. The minimum Gasteiger partial charge on any atom is -0.366 e. The summed E-state index contributed by atoms with van der Waals surface area (Å²) in [6.45, 7) is 1.96. The number of carbonyl (C=O) groups excluding carboxylic acids is 1. The molecule has 0 unspecified atom stereocenters. The number of carbonyl (C=O) groups is 1. The zero-order chi connectivity index (χ0) is 14.8. The van der Waals surface area contributed by atoms with E-state index in [1.807, 2.05) is 31.3 Å². The molecule has 0 aliphatic rings. The van der Waals surface area contributed by atoms with E-state index >= 15 is 0 Å². The maximum atomic E-state index is 10.9. The summed E-state index contributed by atoms with van der Waals surface area (Å²) in [7, 11) is 0. The van der Waals surface area contributed by atoms with Crippen molar-refractivity contribution in [3.63, 3.8) is 0 Å². The van der Waals surface area contributed by atoms with E-state index in [0.29, 0.717) is 0 Å². The molecule has 0 saturated heterocycles. The van der Waals surface area contributed by atoms with Crippen LogP contribution in [0.1, 0.15) is 11.3 Å². The largest absolute Gasteiger partial charge is 0.366 e. The summed E-state index contributed by atoms with van der Waals surface area (Å²) >= 11 is 0. The number of aromatic nitrogens is 3. The molecule has 3 N–H and O–H groups in total.